The number of hydrogen-bond donors (Lipinski definition) is 1. The van der Waals surface area contributed by atoms with E-state index in [4.69, 9.17) is 0 Å². The first-order valence-electron chi connectivity index (χ1n) is 7.50. The van der Waals surface area contributed by atoms with Crippen LogP contribution in [-0.4, -0.2) is 34.9 Å². The fraction of sp³-hybridized carbons (Fsp3) is 0.625. The standard InChI is InChI=1S/C16H25N3O/c1-12(2)16(20)19-9-7-15(13(3)11-19)18-10-14-6-4-5-8-17-14/h4-6,8,12-13,15,18H,7,9-11H2,1-3H3/t13-,15+/m1/s1. The number of aromatic nitrogens is 1. The molecule has 2 rings (SSSR count). The summed E-state index contributed by atoms with van der Waals surface area (Å²) >= 11 is 0. The molecule has 1 saturated heterocycles. The molecule has 0 saturated carbocycles. The zero-order valence-corrected chi connectivity index (χ0v) is 12.7. The quantitative estimate of drug-likeness (QED) is 0.915. The molecule has 2 atom stereocenters. The van der Waals surface area contributed by atoms with Gasteiger partial charge in [0.05, 0.1) is 5.69 Å². The van der Waals surface area contributed by atoms with Crippen molar-refractivity contribution in [2.45, 2.75) is 39.8 Å². The Balaban J connectivity index is 1.83. The summed E-state index contributed by atoms with van der Waals surface area (Å²) in [6.07, 6.45) is 2.84. The molecule has 0 bridgehead atoms. The van der Waals surface area contributed by atoms with Gasteiger partial charge in [-0.2, -0.15) is 0 Å². The molecule has 2 heterocycles. The van der Waals surface area contributed by atoms with Gasteiger partial charge in [-0.15, -0.1) is 0 Å². The van der Waals surface area contributed by atoms with Gasteiger partial charge >= 0.3 is 0 Å². The van der Waals surface area contributed by atoms with Crippen LogP contribution in [0.2, 0.25) is 0 Å². The Morgan fingerprint density at radius 2 is 2.30 bits per heavy atom. The van der Waals surface area contributed by atoms with E-state index >= 15 is 0 Å². The Morgan fingerprint density at radius 3 is 2.90 bits per heavy atom. The summed E-state index contributed by atoms with van der Waals surface area (Å²) in [4.78, 5) is 18.4. The van der Waals surface area contributed by atoms with E-state index in [1.807, 2.05) is 43.1 Å². The van der Waals surface area contributed by atoms with Crippen molar-refractivity contribution in [1.29, 1.82) is 0 Å². The third-order valence-electron chi connectivity index (χ3n) is 3.98. The molecular formula is C16H25N3O. The molecule has 1 N–H and O–H groups in total. The predicted molar refractivity (Wildman–Crippen MR) is 80.1 cm³/mol. The van der Waals surface area contributed by atoms with E-state index in [2.05, 4.69) is 17.2 Å². The number of carbonyl (C=O) groups is 1. The third kappa shape index (κ3) is 3.79. The molecule has 0 spiro atoms. The van der Waals surface area contributed by atoms with E-state index in [0.717, 1.165) is 31.7 Å². The van der Waals surface area contributed by atoms with Crippen LogP contribution in [-0.2, 0) is 11.3 Å². The minimum Gasteiger partial charge on any atom is -0.342 e. The highest BCUT2D eigenvalue weighted by Crippen LogP contribution is 2.19. The van der Waals surface area contributed by atoms with Gasteiger partial charge in [0.25, 0.3) is 0 Å². The minimum atomic E-state index is 0.0974. The molecule has 4 heteroatoms. The fourth-order valence-electron chi connectivity index (χ4n) is 2.75. The number of likely N-dealkylation sites (tertiary alicyclic amines) is 1. The molecule has 4 nitrogen and oxygen atoms in total. The van der Waals surface area contributed by atoms with Gasteiger partial charge in [0.2, 0.25) is 5.91 Å². The first kappa shape index (κ1) is 15.0. The molecule has 20 heavy (non-hydrogen) atoms. The van der Waals surface area contributed by atoms with E-state index in [1.165, 1.54) is 0 Å². The van der Waals surface area contributed by atoms with E-state index in [0.29, 0.717) is 12.0 Å². The van der Waals surface area contributed by atoms with Gasteiger partial charge in [0.1, 0.15) is 0 Å². The molecule has 0 radical (unpaired) electrons. The van der Waals surface area contributed by atoms with Crippen LogP contribution in [0.3, 0.4) is 0 Å². The third-order valence-corrected chi connectivity index (χ3v) is 3.98. The van der Waals surface area contributed by atoms with Gasteiger partial charge < -0.3 is 10.2 Å². The van der Waals surface area contributed by atoms with Crippen LogP contribution in [0.5, 0.6) is 0 Å². The molecule has 1 aromatic rings. The van der Waals surface area contributed by atoms with Crippen molar-refractivity contribution >= 4 is 5.91 Å². The second-order valence-corrected chi connectivity index (χ2v) is 6.01. The van der Waals surface area contributed by atoms with Gasteiger partial charge in [-0.25, -0.2) is 0 Å². The lowest BCUT2D eigenvalue weighted by Crippen LogP contribution is -2.50. The van der Waals surface area contributed by atoms with Crippen LogP contribution < -0.4 is 5.32 Å². The van der Waals surface area contributed by atoms with Gasteiger partial charge in [-0.1, -0.05) is 26.8 Å². The monoisotopic (exact) mass is 275 g/mol. The molecule has 0 aromatic carbocycles. The Morgan fingerprint density at radius 1 is 1.50 bits per heavy atom. The molecule has 0 aliphatic carbocycles. The highest BCUT2D eigenvalue weighted by atomic mass is 16.2. The second-order valence-electron chi connectivity index (χ2n) is 6.01. The summed E-state index contributed by atoms with van der Waals surface area (Å²) in [6.45, 7) is 8.68. The second kappa shape index (κ2) is 6.84. The van der Waals surface area contributed by atoms with E-state index in [1.54, 1.807) is 0 Å². The Bertz CT molecular complexity index is 433. The number of nitrogens with zero attached hydrogens (tertiary/aromatic N) is 2. The van der Waals surface area contributed by atoms with Crippen LogP contribution in [0.15, 0.2) is 24.4 Å². The number of amides is 1. The average molecular weight is 275 g/mol. The molecule has 1 aliphatic rings. The number of nitrogens with one attached hydrogen (secondary N) is 1. The lowest BCUT2D eigenvalue weighted by atomic mass is 9.93. The SMILES string of the molecule is CC(C)C(=O)N1CC[C@H](NCc2ccccn2)[C@H](C)C1. The summed E-state index contributed by atoms with van der Waals surface area (Å²) in [7, 11) is 0. The topological polar surface area (TPSA) is 45.2 Å². The Kier molecular flexibility index (Phi) is 5.12. The lowest BCUT2D eigenvalue weighted by Gasteiger charge is -2.38. The smallest absolute Gasteiger partial charge is 0.225 e. The van der Waals surface area contributed by atoms with Gasteiger partial charge in [0, 0.05) is 37.8 Å². The lowest BCUT2D eigenvalue weighted by molar-refractivity contribution is -0.136. The summed E-state index contributed by atoms with van der Waals surface area (Å²) in [5.74, 6) is 0.857. The summed E-state index contributed by atoms with van der Waals surface area (Å²) in [5.41, 5.74) is 1.07. The maximum atomic E-state index is 12.0. The number of piperidine rings is 1. The summed E-state index contributed by atoms with van der Waals surface area (Å²) < 4.78 is 0. The van der Waals surface area contributed by atoms with Gasteiger partial charge in [-0.3, -0.25) is 9.78 Å². The van der Waals surface area contributed by atoms with Crippen molar-refractivity contribution in [2.24, 2.45) is 11.8 Å². The van der Waals surface area contributed by atoms with Crippen LogP contribution in [0, 0.1) is 11.8 Å². The number of rotatable bonds is 4. The Hall–Kier alpha value is -1.42. The zero-order chi connectivity index (χ0) is 14.5. The molecule has 1 aliphatic heterocycles. The van der Waals surface area contributed by atoms with E-state index < -0.39 is 0 Å². The predicted octanol–water partition coefficient (Wildman–Crippen LogP) is 2.06. The van der Waals surface area contributed by atoms with E-state index in [9.17, 15) is 4.79 Å². The molecule has 110 valence electrons. The zero-order valence-electron chi connectivity index (χ0n) is 12.7. The van der Waals surface area contributed by atoms with Gasteiger partial charge in [0.15, 0.2) is 0 Å². The largest absolute Gasteiger partial charge is 0.342 e. The van der Waals surface area contributed by atoms with Crippen molar-refractivity contribution in [3.8, 4) is 0 Å². The average Bonchev–Trinajstić information content (AvgIpc) is 2.46. The van der Waals surface area contributed by atoms with Crippen LogP contribution in [0.25, 0.3) is 0 Å². The van der Waals surface area contributed by atoms with Crippen LogP contribution >= 0.6 is 0 Å². The van der Waals surface area contributed by atoms with Crippen molar-refractivity contribution < 1.29 is 4.79 Å². The highest BCUT2D eigenvalue weighted by Gasteiger charge is 2.29. The number of hydrogen-bond acceptors (Lipinski definition) is 3. The number of pyridine rings is 1. The molecular weight excluding hydrogens is 250 g/mol. The highest BCUT2D eigenvalue weighted by molar-refractivity contribution is 5.78. The van der Waals surface area contributed by atoms with Crippen LogP contribution in [0.4, 0.5) is 0 Å². The normalized spacial score (nSPS) is 23.1. The van der Waals surface area contributed by atoms with Crippen molar-refractivity contribution in [3.63, 3.8) is 0 Å². The van der Waals surface area contributed by atoms with Crippen LogP contribution in [0.1, 0.15) is 32.9 Å². The van der Waals surface area contributed by atoms with Crippen molar-refractivity contribution in [1.82, 2.24) is 15.2 Å². The number of carbonyl (C=O) groups excluding carboxylic acids is 1. The molecule has 1 fully saturated rings. The fourth-order valence-corrected chi connectivity index (χ4v) is 2.75. The molecule has 0 unspecified atom stereocenters. The summed E-state index contributed by atoms with van der Waals surface area (Å²) in [6, 6.07) is 6.45. The van der Waals surface area contributed by atoms with Gasteiger partial charge in [-0.05, 0) is 24.5 Å². The van der Waals surface area contributed by atoms with Crippen molar-refractivity contribution in [3.05, 3.63) is 30.1 Å². The molecule has 1 aromatic heterocycles. The summed E-state index contributed by atoms with van der Waals surface area (Å²) in [5, 5.41) is 3.58. The Labute approximate surface area is 121 Å². The first-order valence-corrected chi connectivity index (χ1v) is 7.50. The minimum absolute atomic E-state index is 0.0974. The first-order chi connectivity index (χ1) is 9.58. The van der Waals surface area contributed by atoms with E-state index in [-0.39, 0.29) is 11.8 Å². The molecule has 1 amide bonds. The maximum absolute atomic E-state index is 12.0. The van der Waals surface area contributed by atoms with Crippen molar-refractivity contribution in [2.75, 3.05) is 13.1 Å². The maximum Gasteiger partial charge on any atom is 0.225 e.